The van der Waals surface area contributed by atoms with Gasteiger partial charge in [0.05, 0.1) is 35.6 Å². The van der Waals surface area contributed by atoms with E-state index in [0.717, 1.165) is 40.0 Å². The van der Waals surface area contributed by atoms with Crippen LogP contribution in [0.3, 0.4) is 0 Å². The molecule has 0 spiro atoms. The minimum absolute atomic E-state index is 0. The lowest BCUT2D eigenvalue weighted by molar-refractivity contribution is 0.367. The monoisotopic (exact) mass is 666 g/mol. The molecule has 4 heterocycles. The molecule has 0 fully saturated rings. The summed E-state index contributed by atoms with van der Waals surface area (Å²) in [6.45, 7) is 23.7. The summed E-state index contributed by atoms with van der Waals surface area (Å²) in [6.07, 6.45) is 9.96. The second-order valence-corrected chi connectivity index (χ2v) is 10.4. The van der Waals surface area contributed by atoms with Crippen LogP contribution in [0, 0.1) is 0 Å². The second-order valence-electron chi connectivity index (χ2n) is 10.4. The predicted octanol–water partition coefficient (Wildman–Crippen LogP) is 7.98. The number of hydrogen-bond donors (Lipinski definition) is 4. The third-order valence-electron chi connectivity index (χ3n) is 7.25. The molecule has 4 N–H and O–H groups in total. The van der Waals surface area contributed by atoms with Gasteiger partial charge in [0, 0.05) is 77.8 Å². The van der Waals surface area contributed by atoms with Gasteiger partial charge in [-0.15, -0.1) is 11.5 Å². The number of aromatic nitrogens is 6. The van der Waals surface area contributed by atoms with Crippen LogP contribution in [0.2, 0.25) is 0 Å². The van der Waals surface area contributed by atoms with Crippen LogP contribution in [0.5, 0.6) is 0 Å². The fraction of sp³-hybridized carbons (Fsp3) is 0.237. The van der Waals surface area contributed by atoms with E-state index in [1.54, 1.807) is 13.3 Å². The minimum atomic E-state index is 0. The molecule has 4 aromatic heterocycles. The van der Waals surface area contributed by atoms with Gasteiger partial charge in [-0.25, -0.2) is 9.97 Å². The fourth-order valence-electron chi connectivity index (χ4n) is 4.93. The molecule has 0 aliphatic rings. The van der Waals surface area contributed by atoms with Crippen LogP contribution in [0.1, 0.15) is 49.0 Å². The Balaban J connectivity index is 0. The van der Waals surface area contributed by atoms with Crippen molar-refractivity contribution in [2.75, 3.05) is 29.6 Å². The van der Waals surface area contributed by atoms with Gasteiger partial charge >= 0.3 is 0 Å². The highest BCUT2D eigenvalue weighted by molar-refractivity contribution is 5.77. The zero-order chi connectivity index (χ0) is 36.1. The van der Waals surface area contributed by atoms with Crippen molar-refractivity contribution in [2.45, 2.75) is 20.3 Å². The van der Waals surface area contributed by atoms with Crippen molar-refractivity contribution >= 4 is 40.0 Å². The van der Waals surface area contributed by atoms with Crippen LogP contribution in [0.25, 0.3) is 22.9 Å². The van der Waals surface area contributed by atoms with Crippen LogP contribution in [0.4, 0.5) is 17.2 Å². The first-order chi connectivity index (χ1) is 23.6. The van der Waals surface area contributed by atoms with E-state index < -0.39 is 0 Å². The highest BCUT2D eigenvalue weighted by Gasteiger charge is 2.15. The third kappa shape index (κ3) is 8.89. The van der Waals surface area contributed by atoms with Crippen LogP contribution >= 0.6 is 0 Å². The van der Waals surface area contributed by atoms with Crippen LogP contribution in [-0.4, -0.2) is 41.9 Å². The summed E-state index contributed by atoms with van der Waals surface area (Å²) in [7, 11) is 9.28. The predicted molar refractivity (Wildman–Crippen MR) is 210 cm³/mol. The van der Waals surface area contributed by atoms with E-state index in [9.17, 15) is 0 Å². The average Bonchev–Trinajstić information content (AvgIpc) is 3.88. The van der Waals surface area contributed by atoms with Crippen molar-refractivity contribution < 1.29 is 10.4 Å². The van der Waals surface area contributed by atoms with E-state index in [1.165, 1.54) is 0 Å². The maximum Gasteiger partial charge on any atom is 0.185 e. The van der Waals surface area contributed by atoms with Crippen molar-refractivity contribution in [3.63, 3.8) is 0 Å². The molecule has 49 heavy (non-hydrogen) atoms. The summed E-state index contributed by atoms with van der Waals surface area (Å²) < 4.78 is 13.1. The summed E-state index contributed by atoms with van der Waals surface area (Å²) in [5, 5.41) is 13.4. The molecule has 11 heteroatoms. The SMILES string of the molecule is C=C=C(CCNC(=C=C)c1cc(NC(=C=C)c2nccn2C)cn1C)Nc1cn(C)c(C(=C=C)Nc2cc(C(=C=C)OC)n(C)c2)n1.CC.[HH].[HH].[HH].[HH]. The second kappa shape index (κ2) is 17.5. The molecule has 262 valence electrons. The van der Waals surface area contributed by atoms with E-state index in [-0.39, 0.29) is 5.71 Å². The molecule has 0 saturated carbocycles. The smallest absolute Gasteiger partial charge is 0.185 e. The normalized spacial score (nSPS) is 9.69. The lowest BCUT2D eigenvalue weighted by Crippen LogP contribution is -2.17. The largest absolute Gasteiger partial charge is 0.487 e. The number of hydrogen-bond acceptors (Lipinski definition) is 7. The quantitative estimate of drug-likeness (QED) is 0.0754. The average molecular weight is 667 g/mol. The van der Waals surface area contributed by atoms with Crippen molar-refractivity contribution in [1.82, 2.24) is 33.6 Å². The third-order valence-corrected chi connectivity index (χ3v) is 7.25. The Kier molecular flexibility index (Phi) is 13.2. The number of nitrogens with zero attached hydrogens (tertiary/aromatic N) is 6. The highest BCUT2D eigenvalue weighted by Crippen LogP contribution is 2.25. The molecular formula is C38H54N10O. The molecule has 11 nitrogen and oxygen atoms in total. The van der Waals surface area contributed by atoms with Gasteiger partial charge in [0.2, 0.25) is 0 Å². The van der Waals surface area contributed by atoms with E-state index in [0.29, 0.717) is 41.8 Å². The van der Waals surface area contributed by atoms with Gasteiger partial charge in [-0.05, 0) is 12.1 Å². The summed E-state index contributed by atoms with van der Waals surface area (Å²) in [5.41, 5.74) is 20.9. The molecule has 0 bridgehead atoms. The van der Waals surface area contributed by atoms with Gasteiger partial charge < -0.3 is 44.3 Å². The van der Waals surface area contributed by atoms with Gasteiger partial charge in [-0.2, -0.15) is 0 Å². The fourth-order valence-corrected chi connectivity index (χ4v) is 4.93. The van der Waals surface area contributed by atoms with Crippen LogP contribution in [-0.2, 0) is 32.9 Å². The number of anilines is 3. The Morgan fingerprint density at radius 1 is 0.735 bits per heavy atom. The topological polar surface area (TPSA) is 103 Å². The molecule has 4 aromatic rings. The van der Waals surface area contributed by atoms with Gasteiger partial charge in [0.25, 0.3) is 0 Å². The van der Waals surface area contributed by atoms with E-state index in [4.69, 9.17) is 9.72 Å². The zero-order valence-electron chi connectivity index (χ0n) is 29.6. The molecule has 0 aliphatic carbocycles. The van der Waals surface area contributed by atoms with Crippen LogP contribution in [0.15, 0.2) is 110 Å². The summed E-state index contributed by atoms with van der Waals surface area (Å²) in [5.74, 6) is 2.55. The number of methoxy groups -OCH3 is 1. The number of imidazole rings is 2. The zero-order valence-corrected chi connectivity index (χ0v) is 29.6. The van der Waals surface area contributed by atoms with Gasteiger partial charge in [0.15, 0.2) is 17.4 Å². The lowest BCUT2D eigenvalue weighted by Gasteiger charge is -2.11. The minimum Gasteiger partial charge on any atom is -0.487 e. The van der Waals surface area contributed by atoms with Crippen molar-refractivity contribution in [2.24, 2.45) is 28.2 Å². The van der Waals surface area contributed by atoms with E-state index in [1.807, 2.05) is 97.2 Å². The Morgan fingerprint density at radius 3 is 1.86 bits per heavy atom. The van der Waals surface area contributed by atoms with Crippen molar-refractivity contribution in [3.8, 4) is 0 Å². The lowest BCUT2D eigenvalue weighted by atomic mass is 10.2. The highest BCUT2D eigenvalue weighted by atomic mass is 16.5. The number of ether oxygens (including phenoxy) is 1. The molecule has 0 radical (unpaired) electrons. The molecule has 0 unspecified atom stereocenters. The number of nitrogens with one attached hydrogen (secondary N) is 4. The van der Waals surface area contributed by atoms with Gasteiger partial charge in [0.1, 0.15) is 22.9 Å². The standard InChI is InChI=1S/C36H40N10O.C2H6.4H2/c1-11-25(16-17-37-28(12-2)31-20-26(22-44(31)7)39-29(13-3)35-38-18-19-43(35)6)41-34-24-46(9)36(42-34)30(14-4)40-27-21-32(45(8)23-27)33(15-5)47-10;1-2;;;;/h18-24,37,39-41H,1-5,16-17H2,6-10H3;1-2H3;4*1H. The van der Waals surface area contributed by atoms with Gasteiger partial charge in [-0.1, -0.05) is 63.9 Å². The van der Waals surface area contributed by atoms with Crippen molar-refractivity contribution in [1.29, 1.82) is 0 Å². The first-order valence-corrected chi connectivity index (χ1v) is 15.6. The molecule has 0 aliphatic heterocycles. The maximum absolute atomic E-state index is 5.37. The van der Waals surface area contributed by atoms with Crippen molar-refractivity contribution in [3.05, 3.63) is 133 Å². The molecule has 0 saturated heterocycles. The van der Waals surface area contributed by atoms with Crippen LogP contribution < -0.4 is 21.3 Å². The maximum atomic E-state index is 5.37. The molecular weight excluding hydrogens is 612 g/mol. The number of rotatable bonds is 15. The summed E-state index contributed by atoms with van der Waals surface area (Å²) >= 11 is 0. The Hall–Kier alpha value is -6.42. The van der Waals surface area contributed by atoms with Gasteiger partial charge in [-0.3, -0.25) is 0 Å². The molecule has 0 amide bonds. The Labute approximate surface area is 295 Å². The summed E-state index contributed by atoms with van der Waals surface area (Å²) in [6, 6.07) is 3.93. The summed E-state index contributed by atoms with van der Waals surface area (Å²) in [4.78, 5) is 9.14. The molecule has 0 atom stereocenters. The first kappa shape index (κ1) is 37.0. The Bertz CT molecular complexity index is 2070. The Morgan fingerprint density at radius 2 is 1.33 bits per heavy atom. The van der Waals surface area contributed by atoms with E-state index in [2.05, 4.69) is 87.8 Å². The van der Waals surface area contributed by atoms with E-state index >= 15 is 0 Å². The first-order valence-electron chi connectivity index (χ1n) is 15.6. The molecule has 4 rings (SSSR count). The number of aryl methyl sites for hydroxylation is 4. The molecule has 0 aromatic carbocycles.